The minimum absolute atomic E-state index is 0.0877. The first kappa shape index (κ1) is 25.2. The summed E-state index contributed by atoms with van der Waals surface area (Å²) in [7, 11) is 0. The van der Waals surface area contributed by atoms with E-state index in [-0.39, 0.29) is 6.42 Å². The largest absolute Gasteiger partial charge is 0.494 e. The van der Waals surface area contributed by atoms with Gasteiger partial charge in [0, 0.05) is 28.6 Å². The fraction of sp³-hybridized carbons (Fsp3) is 0.129. The van der Waals surface area contributed by atoms with Crippen molar-refractivity contribution in [2.75, 3.05) is 6.61 Å². The Hall–Kier alpha value is -4.42. The van der Waals surface area contributed by atoms with E-state index in [4.69, 9.17) is 36.1 Å². The van der Waals surface area contributed by atoms with E-state index in [1.54, 1.807) is 0 Å². The minimum atomic E-state index is -0.822. The maximum atomic E-state index is 10.7. The van der Waals surface area contributed by atoms with Gasteiger partial charge in [0.2, 0.25) is 5.88 Å². The molecule has 1 heterocycles. The van der Waals surface area contributed by atoms with E-state index in [9.17, 15) is 4.79 Å². The molecule has 1 N–H and O–H groups in total. The second kappa shape index (κ2) is 11.8. The highest BCUT2D eigenvalue weighted by atomic mass is 35.5. The zero-order valence-electron chi connectivity index (χ0n) is 20.5. The molecule has 0 aliphatic carbocycles. The van der Waals surface area contributed by atoms with Gasteiger partial charge in [0.25, 0.3) is 0 Å². The first-order valence-electron chi connectivity index (χ1n) is 12.2. The molecule has 6 nitrogen and oxygen atoms in total. The summed E-state index contributed by atoms with van der Waals surface area (Å²) in [5, 5.41) is 11.5. The smallest absolute Gasteiger partial charge is 0.303 e. The number of carboxylic acids is 1. The van der Waals surface area contributed by atoms with Crippen molar-refractivity contribution >= 4 is 28.3 Å². The van der Waals surface area contributed by atoms with E-state index >= 15 is 0 Å². The fourth-order valence-corrected chi connectivity index (χ4v) is 4.11. The van der Waals surface area contributed by atoms with Crippen molar-refractivity contribution in [3.05, 3.63) is 108 Å². The molecule has 0 bridgehead atoms. The van der Waals surface area contributed by atoms with E-state index < -0.39 is 5.97 Å². The SMILES string of the molecule is O=C(O)CCCOc1ccc2cc(-c3nc(OCc4ccc(Cl)cc4)cc(-c4ccccc4)n3)ccc2c1. The maximum absolute atomic E-state index is 10.7. The third kappa shape index (κ3) is 6.47. The number of aromatic nitrogens is 2. The van der Waals surface area contributed by atoms with Gasteiger partial charge in [-0.15, -0.1) is 0 Å². The Bertz CT molecular complexity index is 1560. The summed E-state index contributed by atoms with van der Waals surface area (Å²) < 4.78 is 11.8. The lowest BCUT2D eigenvalue weighted by Crippen LogP contribution is -2.02. The lowest BCUT2D eigenvalue weighted by Gasteiger charge is -2.11. The zero-order valence-corrected chi connectivity index (χ0v) is 21.3. The normalized spacial score (nSPS) is 10.9. The molecule has 0 radical (unpaired) electrons. The maximum Gasteiger partial charge on any atom is 0.303 e. The van der Waals surface area contributed by atoms with Crippen LogP contribution >= 0.6 is 11.6 Å². The minimum Gasteiger partial charge on any atom is -0.494 e. The number of hydrogen-bond acceptors (Lipinski definition) is 5. The Morgan fingerprint density at radius 1 is 0.789 bits per heavy atom. The van der Waals surface area contributed by atoms with Crippen LogP contribution in [0, 0.1) is 0 Å². The Morgan fingerprint density at radius 3 is 2.34 bits per heavy atom. The highest BCUT2D eigenvalue weighted by Crippen LogP contribution is 2.29. The van der Waals surface area contributed by atoms with E-state index in [0.717, 1.165) is 33.2 Å². The molecule has 190 valence electrons. The van der Waals surface area contributed by atoms with Gasteiger partial charge in [0.05, 0.1) is 12.3 Å². The molecule has 7 heteroatoms. The van der Waals surface area contributed by atoms with Crippen LogP contribution in [0.1, 0.15) is 18.4 Å². The molecular weight excluding hydrogens is 500 g/mol. The van der Waals surface area contributed by atoms with Crippen LogP contribution in [0.5, 0.6) is 11.6 Å². The number of fused-ring (bicyclic) bond motifs is 1. The summed E-state index contributed by atoms with van der Waals surface area (Å²) in [6.07, 6.45) is 0.550. The van der Waals surface area contributed by atoms with E-state index in [1.165, 1.54) is 0 Å². The van der Waals surface area contributed by atoms with Gasteiger partial charge in [-0.3, -0.25) is 4.79 Å². The molecule has 0 saturated heterocycles. The lowest BCUT2D eigenvalue weighted by atomic mass is 10.1. The topological polar surface area (TPSA) is 81.5 Å². The van der Waals surface area contributed by atoms with Crippen LogP contribution in [0.2, 0.25) is 5.02 Å². The quantitative estimate of drug-likeness (QED) is 0.191. The van der Waals surface area contributed by atoms with E-state index in [2.05, 4.69) is 0 Å². The predicted octanol–water partition coefficient (Wildman–Crippen LogP) is 7.44. The second-order valence-corrected chi connectivity index (χ2v) is 9.20. The highest BCUT2D eigenvalue weighted by Gasteiger charge is 2.11. The van der Waals surface area contributed by atoms with Crippen molar-refractivity contribution in [1.82, 2.24) is 9.97 Å². The number of aliphatic carboxylic acids is 1. The van der Waals surface area contributed by atoms with Gasteiger partial charge in [-0.05, 0) is 53.1 Å². The monoisotopic (exact) mass is 524 g/mol. The van der Waals surface area contributed by atoms with Crippen molar-refractivity contribution in [3.63, 3.8) is 0 Å². The molecule has 0 unspecified atom stereocenters. The fourth-order valence-electron chi connectivity index (χ4n) is 3.99. The predicted molar refractivity (Wildman–Crippen MR) is 149 cm³/mol. The van der Waals surface area contributed by atoms with E-state index in [0.29, 0.717) is 42.1 Å². The standard InChI is InChI=1S/C31H25ClN2O4/c32-26-13-8-21(9-14-26)20-38-29-19-28(22-5-2-1-3-6-22)33-31(34-29)25-11-10-24-18-27(15-12-23(24)17-25)37-16-4-7-30(35)36/h1-3,5-6,8-15,17-19H,4,7,16,20H2,(H,35,36). The summed E-state index contributed by atoms with van der Waals surface area (Å²) in [6, 6.07) is 31.1. The molecule has 0 fully saturated rings. The lowest BCUT2D eigenvalue weighted by molar-refractivity contribution is -0.137. The van der Waals surface area contributed by atoms with Crippen molar-refractivity contribution in [2.24, 2.45) is 0 Å². The van der Waals surface area contributed by atoms with Crippen molar-refractivity contribution in [2.45, 2.75) is 19.4 Å². The van der Waals surface area contributed by atoms with E-state index in [1.807, 2.05) is 97.1 Å². The number of halogens is 1. The molecule has 1 aromatic heterocycles. The second-order valence-electron chi connectivity index (χ2n) is 8.77. The van der Waals surface area contributed by atoms with Gasteiger partial charge in [0.1, 0.15) is 12.4 Å². The molecule has 5 rings (SSSR count). The van der Waals surface area contributed by atoms with Gasteiger partial charge < -0.3 is 14.6 Å². The number of ether oxygens (including phenoxy) is 2. The first-order chi connectivity index (χ1) is 18.5. The van der Waals surface area contributed by atoms with Crippen LogP contribution in [0.25, 0.3) is 33.4 Å². The number of hydrogen-bond donors (Lipinski definition) is 1. The molecule has 38 heavy (non-hydrogen) atoms. The highest BCUT2D eigenvalue weighted by molar-refractivity contribution is 6.30. The van der Waals surface area contributed by atoms with Crippen molar-refractivity contribution in [3.8, 4) is 34.3 Å². The zero-order chi connectivity index (χ0) is 26.3. The summed E-state index contributed by atoms with van der Waals surface area (Å²) >= 11 is 6.01. The Kier molecular flexibility index (Phi) is 7.81. The summed E-state index contributed by atoms with van der Waals surface area (Å²) in [4.78, 5) is 20.3. The molecule has 0 aliphatic rings. The summed E-state index contributed by atoms with van der Waals surface area (Å²) in [5.41, 5.74) is 3.59. The van der Waals surface area contributed by atoms with Crippen molar-refractivity contribution < 1.29 is 19.4 Å². The average Bonchev–Trinajstić information content (AvgIpc) is 2.95. The number of rotatable bonds is 10. The van der Waals surface area contributed by atoms with Gasteiger partial charge in [-0.2, -0.15) is 4.98 Å². The number of carboxylic acid groups (broad SMARTS) is 1. The third-order valence-corrected chi connectivity index (χ3v) is 6.20. The molecule has 0 atom stereocenters. The van der Waals surface area contributed by atoms with Crippen LogP contribution in [0.3, 0.4) is 0 Å². The Labute approximate surface area is 225 Å². The van der Waals surface area contributed by atoms with Crippen molar-refractivity contribution in [1.29, 1.82) is 0 Å². The van der Waals surface area contributed by atoms with Gasteiger partial charge >= 0.3 is 5.97 Å². The summed E-state index contributed by atoms with van der Waals surface area (Å²) in [5.74, 6) is 0.926. The van der Waals surface area contributed by atoms with Gasteiger partial charge in [-0.1, -0.05) is 72.3 Å². The Balaban J connectivity index is 1.42. The molecule has 0 spiro atoms. The third-order valence-electron chi connectivity index (χ3n) is 5.95. The number of benzene rings is 4. The van der Waals surface area contributed by atoms with Gasteiger partial charge in [0.15, 0.2) is 5.82 Å². The molecular formula is C31H25ClN2O4. The van der Waals surface area contributed by atoms with Crippen LogP contribution in [0.15, 0.2) is 97.1 Å². The Morgan fingerprint density at radius 2 is 1.55 bits per heavy atom. The van der Waals surface area contributed by atoms with Crippen LogP contribution in [-0.2, 0) is 11.4 Å². The van der Waals surface area contributed by atoms with Crippen LogP contribution < -0.4 is 9.47 Å². The molecule has 0 saturated carbocycles. The van der Waals surface area contributed by atoms with Crippen LogP contribution in [-0.4, -0.2) is 27.7 Å². The van der Waals surface area contributed by atoms with Gasteiger partial charge in [-0.25, -0.2) is 4.98 Å². The summed E-state index contributed by atoms with van der Waals surface area (Å²) in [6.45, 7) is 0.712. The number of nitrogens with zero attached hydrogens (tertiary/aromatic N) is 2. The first-order valence-corrected chi connectivity index (χ1v) is 12.6. The molecule has 0 aliphatic heterocycles. The van der Waals surface area contributed by atoms with Crippen LogP contribution in [0.4, 0.5) is 0 Å². The number of carbonyl (C=O) groups is 1. The molecule has 5 aromatic rings. The molecule has 4 aromatic carbocycles. The molecule has 0 amide bonds. The average molecular weight is 525 g/mol.